The molecule has 0 atom stereocenters. The molecule has 3 amide bonds. The van der Waals surface area contributed by atoms with Crippen LogP contribution in [0.5, 0.6) is 5.75 Å². The summed E-state index contributed by atoms with van der Waals surface area (Å²) < 4.78 is 33.7. The standard InChI is InChI=1S/C24H26N4O5S/c1-17-12-13-19(14-22(17)34(31,32)28-20-10-6-7-11-21(20)33-2)27-23(29)16-26-24(30)25-15-18-8-4-3-5-9-18/h3-14,28H,15-16H2,1-2H3,(H,27,29)(H2,25,26,30). The molecule has 0 radical (unpaired) electrons. The summed E-state index contributed by atoms with van der Waals surface area (Å²) in [6, 6.07) is 20.1. The molecule has 178 valence electrons. The molecule has 0 heterocycles. The second-order valence-corrected chi connectivity index (χ2v) is 9.01. The van der Waals surface area contributed by atoms with E-state index in [1.807, 2.05) is 30.3 Å². The Morgan fingerprint density at radius 1 is 0.912 bits per heavy atom. The molecule has 0 fully saturated rings. The Balaban J connectivity index is 1.60. The van der Waals surface area contributed by atoms with Crippen LogP contribution in [0.4, 0.5) is 16.2 Å². The normalized spacial score (nSPS) is 10.8. The molecule has 0 saturated heterocycles. The van der Waals surface area contributed by atoms with Gasteiger partial charge in [-0.25, -0.2) is 13.2 Å². The van der Waals surface area contributed by atoms with Crippen molar-refractivity contribution in [3.05, 3.63) is 83.9 Å². The SMILES string of the molecule is COc1ccccc1NS(=O)(=O)c1cc(NC(=O)CNC(=O)NCc2ccccc2)ccc1C. The summed E-state index contributed by atoms with van der Waals surface area (Å²) in [5.41, 5.74) is 2.00. The average Bonchev–Trinajstić information content (AvgIpc) is 2.83. The monoisotopic (exact) mass is 482 g/mol. The third kappa shape index (κ3) is 6.72. The van der Waals surface area contributed by atoms with E-state index in [1.54, 1.807) is 43.3 Å². The maximum Gasteiger partial charge on any atom is 0.315 e. The fraction of sp³-hybridized carbons (Fsp3) is 0.167. The number of hydrogen-bond donors (Lipinski definition) is 4. The molecule has 0 bridgehead atoms. The molecule has 3 rings (SSSR count). The molecule has 34 heavy (non-hydrogen) atoms. The van der Waals surface area contributed by atoms with E-state index in [1.165, 1.54) is 13.2 Å². The van der Waals surface area contributed by atoms with Crippen LogP contribution in [0, 0.1) is 6.92 Å². The number of aryl methyl sites for hydroxylation is 1. The van der Waals surface area contributed by atoms with E-state index in [0.29, 0.717) is 23.5 Å². The summed E-state index contributed by atoms with van der Waals surface area (Å²) in [5.74, 6) is -0.121. The number of rotatable bonds is 9. The Bertz CT molecular complexity index is 1260. The Morgan fingerprint density at radius 2 is 1.62 bits per heavy atom. The van der Waals surface area contributed by atoms with Crippen LogP contribution in [0.2, 0.25) is 0 Å². The highest BCUT2D eigenvalue weighted by atomic mass is 32.2. The first-order chi connectivity index (χ1) is 16.3. The highest BCUT2D eigenvalue weighted by Crippen LogP contribution is 2.28. The average molecular weight is 483 g/mol. The third-order valence-electron chi connectivity index (χ3n) is 4.82. The summed E-state index contributed by atoms with van der Waals surface area (Å²) in [5, 5.41) is 7.73. The van der Waals surface area contributed by atoms with Crippen LogP contribution in [-0.2, 0) is 21.4 Å². The van der Waals surface area contributed by atoms with E-state index >= 15 is 0 Å². The van der Waals surface area contributed by atoms with Crippen LogP contribution in [0.15, 0.2) is 77.7 Å². The molecular formula is C24H26N4O5S. The van der Waals surface area contributed by atoms with Gasteiger partial charge in [-0.3, -0.25) is 9.52 Å². The van der Waals surface area contributed by atoms with E-state index in [2.05, 4.69) is 20.7 Å². The van der Waals surface area contributed by atoms with Gasteiger partial charge in [-0.15, -0.1) is 0 Å². The second kappa shape index (κ2) is 11.2. The van der Waals surface area contributed by atoms with E-state index in [4.69, 9.17) is 4.74 Å². The molecular weight excluding hydrogens is 456 g/mol. The van der Waals surface area contributed by atoms with E-state index in [0.717, 1.165) is 5.56 Å². The van der Waals surface area contributed by atoms with Gasteiger partial charge in [-0.2, -0.15) is 0 Å². The fourth-order valence-electron chi connectivity index (χ4n) is 3.10. The number of para-hydroxylation sites is 2. The lowest BCUT2D eigenvalue weighted by Gasteiger charge is -2.14. The second-order valence-electron chi connectivity index (χ2n) is 7.36. The summed E-state index contributed by atoms with van der Waals surface area (Å²) in [6.45, 7) is 1.70. The van der Waals surface area contributed by atoms with Crippen molar-refractivity contribution in [3.63, 3.8) is 0 Å². The van der Waals surface area contributed by atoms with Crippen molar-refractivity contribution in [1.82, 2.24) is 10.6 Å². The fourth-order valence-corrected chi connectivity index (χ4v) is 4.44. The van der Waals surface area contributed by atoms with Crippen LogP contribution in [0.1, 0.15) is 11.1 Å². The van der Waals surface area contributed by atoms with Crippen molar-refractivity contribution >= 4 is 33.3 Å². The lowest BCUT2D eigenvalue weighted by Crippen LogP contribution is -2.39. The van der Waals surface area contributed by atoms with Gasteiger partial charge >= 0.3 is 6.03 Å². The van der Waals surface area contributed by atoms with Gasteiger partial charge in [0.25, 0.3) is 10.0 Å². The minimum Gasteiger partial charge on any atom is -0.495 e. The lowest BCUT2D eigenvalue weighted by atomic mass is 10.2. The topological polar surface area (TPSA) is 126 Å². The predicted molar refractivity (Wildman–Crippen MR) is 130 cm³/mol. The molecule has 3 aromatic rings. The number of amides is 3. The van der Waals surface area contributed by atoms with Crippen molar-refractivity contribution in [2.24, 2.45) is 0 Å². The van der Waals surface area contributed by atoms with Gasteiger partial charge in [0, 0.05) is 12.2 Å². The molecule has 0 unspecified atom stereocenters. The maximum atomic E-state index is 13.0. The quantitative estimate of drug-likeness (QED) is 0.373. The Hall–Kier alpha value is -4.05. The highest BCUT2D eigenvalue weighted by molar-refractivity contribution is 7.92. The molecule has 0 aliphatic carbocycles. The number of carbonyl (C=O) groups excluding carboxylic acids is 2. The van der Waals surface area contributed by atoms with Crippen LogP contribution in [-0.4, -0.2) is 34.0 Å². The molecule has 10 heteroatoms. The van der Waals surface area contributed by atoms with Gasteiger partial charge in [-0.1, -0.05) is 48.5 Å². The van der Waals surface area contributed by atoms with Crippen LogP contribution in [0.25, 0.3) is 0 Å². The first-order valence-electron chi connectivity index (χ1n) is 10.4. The van der Waals surface area contributed by atoms with Gasteiger partial charge in [-0.05, 0) is 42.3 Å². The number of methoxy groups -OCH3 is 1. The van der Waals surface area contributed by atoms with E-state index in [9.17, 15) is 18.0 Å². The van der Waals surface area contributed by atoms with Crippen LogP contribution in [0.3, 0.4) is 0 Å². The van der Waals surface area contributed by atoms with Crippen molar-refractivity contribution in [3.8, 4) is 5.75 Å². The maximum absolute atomic E-state index is 13.0. The summed E-state index contributed by atoms with van der Waals surface area (Å²) in [4.78, 5) is 24.2. The van der Waals surface area contributed by atoms with Crippen LogP contribution < -0.4 is 25.4 Å². The predicted octanol–water partition coefficient (Wildman–Crippen LogP) is 3.24. The van der Waals surface area contributed by atoms with Crippen molar-refractivity contribution in [1.29, 1.82) is 0 Å². The molecule has 4 N–H and O–H groups in total. The summed E-state index contributed by atoms with van der Waals surface area (Å²) in [6.07, 6.45) is 0. The van der Waals surface area contributed by atoms with Crippen molar-refractivity contribution in [2.75, 3.05) is 23.7 Å². The Labute approximate surface area is 198 Å². The molecule has 0 saturated carbocycles. The zero-order chi connectivity index (χ0) is 24.6. The minimum atomic E-state index is -3.96. The largest absolute Gasteiger partial charge is 0.495 e. The van der Waals surface area contributed by atoms with Gasteiger partial charge in [0.15, 0.2) is 0 Å². The Morgan fingerprint density at radius 3 is 2.35 bits per heavy atom. The van der Waals surface area contributed by atoms with Gasteiger partial charge in [0.2, 0.25) is 5.91 Å². The van der Waals surface area contributed by atoms with E-state index in [-0.39, 0.29) is 17.1 Å². The number of sulfonamides is 1. The summed E-state index contributed by atoms with van der Waals surface area (Å²) in [7, 11) is -2.51. The number of anilines is 2. The van der Waals surface area contributed by atoms with Crippen molar-refractivity contribution in [2.45, 2.75) is 18.4 Å². The minimum absolute atomic E-state index is 0.00442. The first-order valence-corrected chi connectivity index (χ1v) is 11.9. The zero-order valence-electron chi connectivity index (χ0n) is 18.8. The number of hydrogen-bond acceptors (Lipinski definition) is 5. The number of urea groups is 1. The van der Waals surface area contributed by atoms with Gasteiger partial charge in [0.1, 0.15) is 5.75 Å². The van der Waals surface area contributed by atoms with Gasteiger partial charge in [0.05, 0.1) is 24.2 Å². The molecule has 3 aromatic carbocycles. The summed E-state index contributed by atoms with van der Waals surface area (Å²) >= 11 is 0. The van der Waals surface area contributed by atoms with E-state index < -0.39 is 22.0 Å². The molecule has 9 nitrogen and oxygen atoms in total. The molecule has 0 aromatic heterocycles. The Kier molecular flexibility index (Phi) is 8.10. The molecule has 0 aliphatic heterocycles. The zero-order valence-corrected chi connectivity index (χ0v) is 19.6. The molecule has 0 spiro atoms. The smallest absolute Gasteiger partial charge is 0.315 e. The number of carbonyl (C=O) groups is 2. The number of benzene rings is 3. The number of ether oxygens (including phenoxy) is 1. The van der Waals surface area contributed by atoms with Gasteiger partial charge < -0.3 is 20.7 Å². The lowest BCUT2D eigenvalue weighted by molar-refractivity contribution is -0.115. The molecule has 0 aliphatic rings. The highest BCUT2D eigenvalue weighted by Gasteiger charge is 2.20. The third-order valence-corrected chi connectivity index (χ3v) is 6.33. The first kappa shape index (κ1) is 24.6. The van der Waals surface area contributed by atoms with Crippen LogP contribution >= 0.6 is 0 Å². The van der Waals surface area contributed by atoms with Crippen molar-refractivity contribution < 1.29 is 22.7 Å². The number of nitrogens with one attached hydrogen (secondary N) is 4.